The number of thiophene rings is 1. The average Bonchev–Trinajstić information content (AvgIpc) is 2.84. The molecule has 2 atom stereocenters. The van der Waals surface area contributed by atoms with Crippen molar-refractivity contribution in [2.24, 2.45) is 0 Å². The van der Waals surface area contributed by atoms with Crippen LogP contribution >= 0.6 is 27.3 Å². The minimum absolute atomic E-state index is 0.106. The Morgan fingerprint density at radius 3 is 3.12 bits per heavy atom. The number of piperidine rings is 1. The van der Waals surface area contributed by atoms with Crippen LogP contribution in [-0.2, 0) is 4.79 Å². The maximum atomic E-state index is 11.8. The van der Waals surface area contributed by atoms with Crippen LogP contribution in [0, 0.1) is 0 Å². The summed E-state index contributed by atoms with van der Waals surface area (Å²) in [7, 11) is 0. The third-order valence-electron chi connectivity index (χ3n) is 3.31. The number of carbonyl (C=O) groups excluding carboxylic acids is 1. The number of rotatable bonds is 1. The largest absolute Gasteiger partial charge is 0.334 e. The number of carbonyl (C=O) groups is 1. The molecule has 3 nitrogen and oxygen atoms in total. The van der Waals surface area contributed by atoms with Crippen molar-refractivity contribution < 1.29 is 4.79 Å². The third kappa shape index (κ3) is 1.71. The Hall–Kier alpha value is -0.390. The summed E-state index contributed by atoms with van der Waals surface area (Å²) in [6.45, 7) is 1.03. The number of hydrogen-bond acceptors (Lipinski definition) is 3. The molecule has 3 rings (SSSR count). The van der Waals surface area contributed by atoms with Crippen LogP contribution in [0.5, 0.6) is 0 Å². The average molecular weight is 301 g/mol. The van der Waals surface area contributed by atoms with Gasteiger partial charge in [0.25, 0.3) is 0 Å². The lowest BCUT2D eigenvalue weighted by atomic mass is 10.0. The van der Waals surface area contributed by atoms with E-state index in [0.717, 1.165) is 17.4 Å². The Morgan fingerprint density at radius 1 is 1.50 bits per heavy atom. The molecule has 2 aliphatic heterocycles. The smallest absolute Gasteiger partial charge is 0.238 e. The van der Waals surface area contributed by atoms with E-state index < -0.39 is 0 Å². The second kappa shape index (κ2) is 4.13. The molecule has 0 saturated carbocycles. The lowest BCUT2D eigenvalue weighted by molar-refractivity contribution is -0.122. The fraction of sp³-hybridized carbons (Fsp3) is 0.545. The molecule has 0 aromatic carbocycles. The van der Waals surface area contributed by atoms with Crippen LogP contribution < -0.4 is 5.32 Å². The summed E-state index contributed by atoms with van der Waals surface area (Å²) in [5, 5.41) is 5.17. The Labute approximate surface area is 107 Å². The predicted molar refractivity (Wildman–Crippen MR) is 67.2 cm³/mol. The number of amides is 1. The van der Waals surface area contributed by atoms with Crippen molar-refractivity contribution in [3.05, 3.63) is 20.8 Å². The molecule has 2 aliphatic rings. The van der Waals surface area contributed by atoms with Crippen molar-refractivity contribution >= 4 is 33.2 Å². The van der Waals surface area contributed by atoms with E-state index in [1.165, 1.54) is 17.7 Å². The van der Waals surface area contributed by atoms with Crippen LogP contribution in [0.25, 0.3) is 0 Å². The van der Waals surface area contributed by atoms with Crippen LogP contribution in [0.15, 0.2) is 15.9 Å². The third-order valence-corrected chi connectivity index (χ3v) is 5.06. The molecular formula is C11H13BrN2OS. The maximum absolute atomic E-state index is 11.8. The lowest BCUT2D eigenvalue weighted by Crippen LogP contribution is -2.38. The first-order valence-electron chi connectivity index (χ1n) is 5.56. The van der Waals surface area contributed by atoms with Crippen molar-refractivity contribution in [3.63, 3.8) is 0 Å². The van der Waals surface area contributed by atoms with E-state index in [1.54, 1.807) is 11.3 Å². The fourth-order valence-corrected chi connectivity index (χ4v) is 4.08. The van der Waals surface area contributed by atoms with Crippen LogP contribution in [0.3, 0.4) is 0 Å². The molecule has 0 aliphatic carbocycles. The molecule has 1 N–H and O–H groups in total. The van der Waals surface area contributed by atoms with E-state index in [9.17, 15) is 4.79 Å². The van der Waals surface area contributed by atoms with E-state index >= 15 is 0 Å². The summed E-state index contributed by atoms with van der Waals surface area (Å²) in [4.78, 5) is 15.4. The van der Waals surface area contributed by atoms with Gasteiger partial charge in [-0.1, -0.05) is 6.42 Å². The van der Waals surface area contributed by atoms with Gasteiger partial charge in [0.2, 0.25) is 5.91 Å². The quantitative estimate of drug-likeness (QED) is 0.864. The minimum Gasteiger partial charge on any atom is -0.334 e. The Kier molecular flexibility index (Phi) is 2.77. The van der Waals surface area contributed by atoms with Gasteiger partial charge in [-0.25, -0.2) is 0 Å². The fourth-order valence-electron chi connectivity index (χ4n) is 2.56. The van der Waals surface area contributed by atoms with Crippen molar-refractivity contribution in [1.29, 1.82) is 0 Å². The van der Waals surface area contributed by atoms with Crippen molar-refractivity contribution in [2.45, 2.75) is 31.5 Å². The molecule has 0 unspecified atom stereocenters. The molecule has 2 fully saturated rings. The van der Waals surface area contributed by atoms with Crippen molar-refractivity contribution in [3.8, 4) is 0 Å². The second-order valence-electron chi connectivity index (χ2n) is 4.33. The normalized spacial score (nSPS) is 30.2. The maximum Gasteiger partial charge on any atom is 0.238 e. The molecule has 1 aromatic heterocycles. The topological polar surface area (TPSA) is 32.3 Å². The van der Waals surface area contributed by atoms with E-state index in [2.05, 4.69) is 37.6 Å². The zero-order valence-electron chi connectivity index (χ0n) is 8.78. The standard InChI is InChI=1S/C11H13BrN2OS/c12-7-5-9(16-6-7)10-13-11(15)8-3-1-2-4-14(8)10/h5-6,8,10H,1-4H2,(H,13,15)/t8-,10+/m1/s1. The van der Waals surface area contributed by atoms with Gasteiger partial charge in [-0.05, 0) is 34.8 Å². The van der Waals surface area contributed by atoms with E-state index in [4.69, 9.17) is 0 Å². The molecule has 1 aromatic rings. The van der Waals surface area contributed by atoms with Gasteiger partial charge in [0, 0.05) is 21.3 Å². The molecule has 0 radical (unpaired) electrons. The van der Waals surface area contributed by atoms with E-state index in [-0.39, 0.29) is 18.1 Å². The Bertz CT molecular complexity index is 420. The number of fused-ring (bicyclic) bond motifs is 1. The summed E-state index contributed by atoms with van der Waals surface area (Å²) in [6.07, 6.45) is 3.49. The summed E-state index contributed by atoms with van der Waals surface area (Å²) in [5.74, 6) is 0.203. The van der Waals surface area contributed by atoms with Crippen molar-refractivity contribution in [1.82, 2.24) is 10.2 Å². The van der Waals surface area contributed by atoms with Gasteiger partial charge in [-0.2, -0.15) is 0 Å². The SMILES string of the molecule is O=C1N[C@H](c2cc(Br)cs2)N2CCCC[C@H]12. The van der Waals surface area contributed by atoms with Crippen LogP contribution in [0.4, 0.5) is 0 Å². The molecule has 0 spiro atoms. The first-order chi connectivity index (χ1) is 7.75. The number of nitrogens with one attached hydrogen (secondary N) is 1. The van der Waals surface area contributed by atoms with Crippen molar-refractivity contribution in [2.75, 3.05) is 6.54 Å². The Balaban J connectivity index is 1.88. The number of hydrogen-bond donors (Lipinski definition) is 1. The molecule has 0 bridgehead atoms. The second-order valence-corrected chi connectivity index (χ2v) is 6.19. The number of halogens is 1. The summed E-state index contributed by atoms with van der Waals surface area (Å²) < 4.78 is 1.10. The molecule has 3 heterocycles. The van der Waals surface area contributed by atoms with Crippen LogP contribution in [0.1, 0.15) is 30.3 Å². The molecule has 86 valence electrons. The first kappa shape index (κ1) is 10.7. The first-order valence-corrected chi connectivity index (χ1v) is 7.23. The lowest BCUT2D eigenvalue weighted by Gasteiger charge is -2.30. The Morgan fingerprint density at radius 2 is 2.38 bits per heavy atom. The summed E-state index contributed by atoms with van der Waals surface area (Å²) in [6, 6.07) is 2.21. The highest BCUT2D eigenvalue weighted by Crippen LogP contribution is 2.35. The number of nitrogens with zero attached hydrogens (tertiary/aromatic N) is 1. The summed E-state index contributed by atoms with van der Waals surface area (Å²) >= 11 is 5.16. The van der Waals surface area contributed by atoms with Gasteiger partial charge in [-0.3, -0.25) is 9.69 Å². The van der Waals surface area contributed by atoms with Gasteiger partial charge in [0.1, 0.15) is 6.17 Å². The molecule has 16 heavy (non-hydrogen) atoms. The molecule has 1 amide bonds. The van der Waals surface area contributed by atoms with Gasteiger partial charge in [0.05, 0.1) is 6.04 Å². The highest BCUT2D eigenvalue weighted by molar-refractivity contribution is 9.10. The monoisotopic (exact) mass is 300 g/mol. The highest BCUT2D eigenvalue weighted by atomic mass is 79.9. The van der Waals surface area contributed by atoms with Gasteiger partial charge in [0.15, 0.2) is 0 Å². The minimum atomic E-state index is 0.106. The van der Waals surface area contributed by atoms with Gasteiger partial charge >= 0.3 is 0 Å². The zero-order chi connectivity index (χ0) is 11.1. The highest BCUT2D eigenvalue weighted by Gasteiger charge is 2.41. The van der Waals surface area contributed by atoms with Crippen LogP contribution in [0.2, 0.25) is 0 Å². The van der Waals surface area contributed by atoms with Crippen LogP contribution in [-0.4, -0.2) is 23.4 Å². The predicted octanol–water partition coefficient (Wildman–Crippen LogP) is 2.49. The molecule has 5 heteroatoms. The van der Waals surface area contributed by atoms with Gasteiger partial charge < -0.3 is 5.32 Å². The van der Waals surface area contributed by atoms with E-state index in [1.807, 2.05) is 0 Å². The molecule has 2 saturated heterocycles. The molecular weight excluding hydrogens is 288 g/mol. The van der Waals surface area contributed by atoms with E-state index in [0.29, 0.717) is 0 Å². The zero-order valence-corrected chi connectivity index (χ0v) is 11.2. The summed E-state index contributed by atoms with van der Waals surface area (Å²) in [5.41, 5.74) is 0. The van der Waals surface area contributed by atoms with Gasteiger partial charge in [-0.15, -0.1) is 11.3 Å².